The molecule has 0 unspecified atom stereocenters. The monoisotopic (exact) mass is 833 g/mol. The predicted molar refractivity (Wildman–Crippen MR) is 224 cm³/mol. The van der Waals surface area contributed by atoms with Crippen LogP contribution in [-0.4, -0.2) is 152 Å². The third-order valence-electron chi connectivity index (χ3n) is 11.9. The maximum absolute atomic E-state index is 14.4. The van der Waals surface area contributed by atoms with Gasteiger partial charge >= 0.3 is 5.97 Å². The molecule has 334 valence electrons. The Kier molecular flexibility index (Phi) is 20.9. The van der Waals surface area contributed by atoms with Crippen molar-refractivity contribution in [3.63, 3.8) is 0 Å². The number of hydrogen-bond acceptors (Lipinski definition) is 10. The van der Waals surface area contributed by atoms with Crippen molar-refractivity contribution < 1.29 is 48.1 Å². The number of carboxylic acid groups (broad SMARTS) is 1. The molecule has 1 aromatic carbocycles. The second kappa shape index (κ2) is 24.2. The summed E-state index contributed by atoms with van der Waals surface area (Å²) in [6, 6.07) is 5.92. The summed E-state index contributed by atoms with van der Waals surface area (Å²) in [5.41, 5.74) is 4.94. The van der Waals surface area contributed by atoms with Crippen molar-refractivity contribution in [1.82, 2.24) is 25.3 Å². The first-order valence-electron chi connectivity index (χ1n) is 20.8. The van der Waals surface area contributed by atoms with E-state index >= 15 is 0 Å². The number of carbonyl (C=O) groups excluding carboxylic acids is 5. The van der Waals surface area contributed by atoms with Crippen LogP contribution in [0.4, 0.5) is 0 Å². The molecule has 1 aromatic rings. The topological polar surface area (TPSA) is 210 Å². The summed E-state index contributed by atoms with van der Waals surface area (Å²) in [6.45, 7) is 13.8. The zero-order chi connectivity index (χ0) is 44.6. The number of nitrogens with zero attached hydrogens (tertiary/aromatic N) is 3. The number of hydrogen-bond donors (Lipinski definition) is 4. The van der Waals surface area contributed by atoms with E-state index in [1.165, 1.54) is 19.1 Å². The molecule has 59 heavy (non-hydrogen) atoms. The van der Waals surface area contributed by atoms with E-state index in [-0.39, 0.29) is 55.4 Å². The molecule has 1 aliphatic rings. The maximum Gasteiger partial charge on any atom is 0.326 e. The SMILES string of the molecule is CC[C@H](C)[C@@H]([C@@H](CC(=O)N1CCC[C@H]1[C@H](OC)[C@@H](C)C(=O)N[C@@H](Cc1ccccc1)C(=O)O)OC)N(C)C(=O)[C@@H](NC(=O)C(C)(C)N(C)C(=O)CCOCCN)C(C)C. The Morgan fingerprint density at radius 1 is 0.983 bits per heavy atom. The number of rotatable bonds is 25. The minimum atomic E-state index is -1.29. The molecule has 1 heterocycles. The lowest BCUT2D eigenvalue weighted by Crippen LogP contribution is -2.62. The first-order chi connectivity index (χ1) is 27.8. The van der Waals surface area contributed by atoms with Crippen LogP contribution in [0.1, 0.15) is 86.1 Å². The first-order valence-corrected chi connectivity index (χ1v) is 20.8. The fourth-order valence-electron chi connectivity index (χ4n) is 7.69. The van der Waals surface area contributed by atoms with Crippen LogP contribution in [0, 0.1) is 17.8 Å². The van der Waals surface area contributed by atoms with Crippen molar-refractivity contribution in [2.24, 2.45) is 23.5 Å². The van der Waals surface area contributed by atoms with Gasteiger partial charge in [0.2, 0.25) is 29.5 Å². The third kappa shape index (κ3) is 14.0. The largest absolute Gasteiger partial charge is 0.480 e. The fourth-order valence-corrected chi connectivity index (χ4v) is 7.69. The number of aliphatic carboxylic acids is 1. The van der Waals surface area contributed by atoms with Gasteiger partial charge in [0, 0.05) is 47.8 Å². The van der Waals surface area contributed by atoms with Crippen LogP contribution >= 0.6 is 0 Å². The highest BCUT2D eigenvalue weighted by molar-refractivity contribution is 5.94. The molecule has 16 heteroatoms. The number of benzene rings is 1. The molecule has 0 aromatic heterocycles. The Hall–Kier alpha value is -4.12. The summed E-state index contributed by atoms with van der Waals surface area (Å²) >= 11 is 0. The first kappa shape index (κ1) is 51.0. The smallest absolute Gasteiger partial charge is 0.326 e. The summed E-state index contributed by atoms with van der Waals surface area (Å²) in [7, 11) is 6.18. The van der Waals surface area contributed by atoms with Gasteiger partial charge in [-0.1, -0.05) is 71.4 Å². The molecule has 8 atom stereocenters. The van der Waals surface area contributed by atoms with E-state index < -0.39 is 65.6 Å². The summed E-state index contributed by atoms with van der Waals surface area (Å²) in [6.07, 6.45) is 0.580. The quantitative estimate of drug-likeness (QED) is 0.105. The van der Waals surface area contributed by atoms with Crippen molar-refractivity contribution in [2.75, 3.05) is 54.6 Å². The Bertz CT molecular complexity index is 1530. The molecular formula is C43H72N6O10. The number of likely N-dealkylation sites (N-methyl/N-ethyl adjacent to an activating group) is 2. The van der Waals surface area contributed by atoms with Gasteiger partial charge in [-0.2, -0.15) is 0 Å². The Morgan fingerprint density at radius 3 is 2.17 bits per heavy atom. The standard InChI is InChI=1S/C43H72N6O10/c1-12-28(4)37(47(8)40(53)36(27(2)3)46-42(56)43(6,7)48(9)34(50)20-23-59-24-21-44)33(57-10)26-35(51)49-22-16-19-32(49)38(58-11)29(5)39(52)45-31(41(54)55)25-30-17-14-13-15-18-30/h13-15,17-18,27-29,31-33,36-38H,12,16,19-26,44H2,1-11H3,(H,45,52)(H,46,56)(H,54,55)/t28-,29+,31-,32-,33+,36-,37-,38+/m0/s1. The van der Waals surface area contributed by atoms with Crippen LogP contribution in [-0.2, 0) is 49.4 Å². The number of carbonyl (C=O) groups is 6. The van der Waals surface area contributed by atoms with Gasteiger partial charge in [-0.25, -0.2) is 4.79 Å². The normalized spacial score (nSPS) is 17.9. The predicted octanol–water partition coefficient (Wildman–Crippen LogP) is 2.46. The van der Waals surface area contributed by atoms with E-state index in [2.05, 4.69) is 10.6 Å². The Morgan fingerprint density at radius 2 is 1.63 bits per heavy atom. The van der Waals surface area contributed by atoms with Crippen molar-refractivity contribution in [1.29, 1.82) is 0 Å². The lowest BCUT2D eigenvalue weighted by Gasteiger charge is -2.41. The summed E-state index contributed by atoms with van der Waals surface area (Å²) in [5, 5.41) is 15.5. The summed E-state index contributed by atoms with van der Waals surface area (Å²) < 4.78 is 17.2. The third-order valence-corrected chi connectivity index (χ3v) is 11.9. The van der Waals surface area contributed by atoms with Crippen molar-refractivity contribution >= 4 is 35.5 Å². The van der Waals surface area contributed by atoms with E-state index in [9.17, 15) is 33.9 Å². The minimum Gasteiger partial charge on any atom is -0.480 e. The van der Waals surface area contributed by atoms with Gasteiger partial charge in [0.05, 0.1) is 56.3 Å². The average Bonchev–Trinajstić information content (AvgIpc) is 3.70. The highest BCUT2D eigenvalue weighted by Crippen LogP contribution is 2.30. The number of nitrogens with two attached hydrogens (primary N) is 1. The highest BCUT2D eigenvalue weighted by atomic mass is 16.5. The van der Waals surface area contributed by atoms with E-state index in [0.717, 1.165) is 5.56 Å². The van der Waals surface area contributed by atoms with Crippen LogP contribution in [0.3, 0.4) is 0 Å². The fraction of sp³-hybridized carbons (Fsp3) is 0.721. The molecule has 0 radical (unpaired) electrons. The van der Waals surface area contributed by atoms with Crippen LogP contribution in [0.5, 0.6) is 0 Å². The highest BCUT2D eigenvalue weighted by Gasteiger charge is 2.44. The Balaban J connectivity index is 2.26. The molecule has 5 N–H and O–H groups in total. The van der Waals surface area contributed by atoms with Gasteiger partial charge in [-0.15, -0.1) is 0 Å². The molecule has 1 aliphatic heterocycles. The number of likely N-dealkylation sites (tertiary alicyclic amines) is 1. The molecule has 2 rings (SSSR count). The molecule has 5 amide bonds. The lowest BCUT2D eigenvalue weighted by molar-refractivity contribution is -0.150. The van der Waals surface area contributed by atoms with Gasteiger partial charge in [-0.05, 0) is 44.1 Å². The minimum absolute atomic E-state index is 0.0667. The molecule has 0 bridgehead atoms. The van der Waals surface area contributed by atoms with E-state index in [0.29, 0.717) is 39.0 Å². The second-order valence-corrected chi connectivity index (χ2v) is 16.5. The van der Waals surface area contributed by atoms with Crippen LogP contribution in [0.2, 0.25) is 0 Å². The van der Waals surface area contributed by atoms with Gasteiger partial charge in [0.15, 0.2) is 0 Å². The zero-order valence-electron chi connectivity index (χ0n) is 37.2. The van der Waals surface area contributed by atoms with Gasteiger partial charge in [0.1, 0.15) is 17.6 Å². The number of ether oxygens (including phenoxy) is 3. The number of carboxylic acids is 1. The Labute approximate surface area is 351 Å². The maximum atomic E-state index is 14.4. The summed E-state index contributed by atoms with van der Waals surface area (Å²) in [5.74, 6) is -4.26. The lowest BCUT2D eigenvalue weighted by atomic mass is 9.89. The molecule has 16 nitrogen and oxygen atoms in total. The molecule has 1 saturated heterocycles. The molecular weight excluding hydrogens is 761 g/mol. The van der Waals surface area contributed by atoms with Crippen molar-refractivity contribution in [3.8, 4) is 0 Å². The second-order valence-electron chi connectivity index (χ2n) is 16.5. The van der Waals surface area contributed by atoms with Crippen LogP contribution in [0.15, 0.2) is 30.3 Å². The zero-order valence-corrected chi connectivity index (χ0v) is 37.2. The van der Waals surface area contributed by atoms with Gasteiger partial charge in [-0.3, -0.25) is 24.0 Å². The van der Waals surface area contributed by atoms with Crippen LogP contribution < -0.4 is 16.4 Å². The van der Waals surface area contributed by atoms with Gasteiger partial charge < -0.3 is 50.4 Å². The van der Waals surface area contributed by atoms with Crippen LogP contribution in [0.25, 0.3) is 0 Å². The van der Waals surface area contributed by atoms with Crippen molar-refractivity contribution in [2.45, 2.75) is 129 Å². The molecule has 1 fully saturated rings. The van der Waals surface area contributed by atoms with E-state index in [4.69, 9.17) is 19.9 Å². The molecule has 0 aliphatic carbocycles. The van der Waals surface area contributed by atoms with Gasteiger partial charge in [0.25, 0.3) is 0 Å². The molecule has 0 saturated carbocycles. The van der Waals surface area contributed by atoms with E-state index in [1.54, 1.807) is 68.9 Å². The van der Waals surface area contributed by atoms with Crippen molar-refractivity contribution in [3.05, 3.63) is 35.9 Å². The van der Waals surface area contributed by atoms with E-state index in [1.807, 2.05) is 33.8 Å². The average molecular weight is 833 g/mol. The number of methoxy groups -OCH3 is 2. The number of nitrogens with one attached hydrogen (secondary N) is 2. The molecule has 0 spiro atoms. The number of amides is 5. The summed E-state index contributed by atoms with van der Waals surface area (Å²) in [4.78, 5) is 85.6.